The molecule has 7 heteroatoms. The van der Waals surface area contributed by atoms with Crippen molar-refractivity contribution in [3.8, 4) is 0 Å². The van der Waals surface area contributed by atoms with Gasteiger partial charge in [-0.2, -0.15) is 5.10 Å². The second kappa shape index (κ2) is 9.12. The third kappa shape index (κ3) is 5.17. The first-order valence-electron chi connectivity index (χ1n) is 10.6. The van der Waals surface area contributed by atoms with E-state index in [0.717, 1.165) is 53.7 Å². The maximum atomic E-state index is 12.8. The molecule has 1 N–H and O–H groups in total. The number of hydrogen-bond acceptors (Lipinski definition) is 5. The Morgan fingerprint density at radius 3 is 2.81 bits per heavy atom. The van der Waals surface area contributed by atoms with E-state index in [4.69, 9.17) is 4.98 Å². The van der Waals surface area contributed by atoms with Crippen molar-refractivity contribution in [2.45, 2.75) is 32.6 Å². The van der Waals surface area contributed by atoms with Crippen LogP contribution in [0.4, 0.5) is 11.5 Å². The van der Waals surface area contributed by atoms with Crippen molar-refractivity contribution in [2.75, 3.05) is 18.4 Å². The number of amides is 1. The summed E-state index contributed by atoms with van der Waals surface area (Å²) in [6.07, 6.45) is 7.17. The summed E-state index contributed by atoms with van der Waals surface area (Å²) < 4.78 is 1.75. The van der Waals surface area contributed by atoms with Gasteiger partial charge in [-0.3, -0.25) is 14.5 Å². The van der Waals surface area contributed by atoms with E-state index in [1.54, 1.807) is 17.0 Å². The maximum absolute atomic E-state index is 12.8. The SMILES string of the molecule is Cc1cccc(Nc2cc(C)nc([C@H]3CCCN(C(=O)/C=C/c4ccnn4C)C3)c2)n1. The molecule has 4 heterocycles. The van der Waals surface area contributed by atoms with Crippen LogP contribution in [-0.2, 0) is 11.8 Å². The molecule has 31 heavy (non-hydrogen) atoms. The first-order chi connectivity index (χ1) is 15.0. The number of piperidine rings is 1. The largest absolute Gasteiger partial charge is 0.340 e. The molecule has 0 spiro atoms. The van der Waals surface area contributed by atoms with E-state index in [9.17, 15) is 4.79 Å². The smallest absolute Gasteiger partial charge is 0.246 e. The number of hydrogen-bond donors (Lipinski definition) is 1. The van der Waals surface area contributed by atoms with Gasteiger partial charge in [0, 0.05) is 61.1 Å². The summed E-state index contributed by atoms with van der Waals surface area (Å²) in [5, 5.41) is 7.52. The average Bonchev–Trinajstić information content (AvgIpc) is 3.16. The zero-order chi connectivity index (χ0) is 21.8. The van der Waals surface area contributed by atoms with Gasteiger partial charge >= 0.3 is 0 Å². The number of carbonyl (C=O) groups excluding carboxylic acids is 1. The normalized spacial score (nSPS) is 16.6. The van der Waals surface area contributed by atoms with E-state index < -0.39 is 0 Å². The summed E-state index contributed by atoms with van der Waals surface area (Å²) in [6.45, 7) is 5.42. The minimum absolute atomic E-state index is 0.0286. The fourth-order valence-electron chi connectivity index (χ4n) is 3.96. The molecule has 0 aromatic carbocycles. The molecule has 0 unspecified atom stereocenters. The summed E-state index contributed by atoms with van der Waals surface area (Å²) >= 11 is 0. The van der Waals surface area contributed by atoms with Crippen LogP contribution in [0.15, 0.2) is 48.7 Å². The molecular weight excluding hydrogens is 388 g/mol. The Hall–Kier alpha value is -3.48. The van der Waals surface area contributed by atoms with Gasteiger partial charge in [0.05, 0.1) is 5.69 Å². The zero-order valence-electron chi connectivity index (χ0n) is 18.2. The highest BCUT2D eigenvalue weighted by Crippen LogP contribution is 2.29. The number of nitrogens with zero attached hydrogens (tertiary/aromatic N) is 5. The Bertz CT molecular complexity index is 1100. The van der Waals surface area contributed by atoms with Crippen LogP contribution < -0.4 is 5.32 Å². The Labute approximate surface area is 182 Å². The van der Waals surface area contributed by atoms with Gasteiger partial charge in [0.1, 0.15) is 5.82 Å². The monoisotopic (exact) mass is 416 g/mol. The number of likely N-dealkylation sites (tertiary alicyclic amines) is 1. The van der Waals surface area contributed by atoms with Crippen molar-refractivity contribution in [3.63, 3.8) is 0 Å². The molecule has 0 bridgehead atoms. The van der Waals surface area contributed by atoms with Gasteiger partial charge in [0.2, 0.25) is 5.91 Å². The fraction of sp³-hybridized carbons (Fsp3) is 0.333. The van der Waals surface area contributed by atoms with Crippen LogP contribution in [-0.4, -0.2) is 43.6 Å². The molecule has 3 aromatic rings. The van der Waals surface area contributed by atoms with Crippen molar-refractivity contribution < 1.29 is 4.79 Å². The Kier molecular flexibility index (Phi) is 6.11. The summed E-state index contributed by atoms with van der Waals surface area (Å²) in [5.41, 5.74) is 4.81. The lowest BCUT2D eigenvalue weighted by atomic mass is 9.93. The summed E-state index contributed by atoms with van der Waals surface area (Å²) in [6, 6.07) is 11.9. The average molecular weight is 417 g/mol. The molecule has 1 fully saturated rings. The molecule has 7 nitrogen and oxygen atoms in total. The molecule has 4 rings (SSSR count). The van der Waals surface area contributed by atoms with Crippen LogP contribution in [0, 0.1) is 13.8 Å². The lowest BCUT2D eigenvalue weighted by Crippen LogP contribution is -2.38. The van der Waals surface area contributed by atoms with Crippen molar-refractivity contribution >= 4 is 23.5 Å². The van der Waals surface area contributed by atoms with Crippen molar-refractivity contribution in [3.05, 3.63) is 71.4 Å². The number of anilines is 2. The first-order valence-corrected chi connectivity index (χ1v) is 10.6. The van der Waals surface area contributed by atoms with E-state index in [2.05, 4.69) is 21.5 Å². The highest BCUT2D eigenvalue weighted by atomic mass is 16.2. The molecule has 160 valence electrons. The molecule has 3 aromatic heterocycles. The van der Waals surface area contributed by atoms with Gasteiger partial charge in [-0.15, -0.1) is 0 Å². The van der Waals surface area contributed by atoms with E-state index in [0.29, 0.717) is 6.54 Å². The van der Waals surface area contributed by atoms with Gasteiger partial charge in [0.15, 0.2) is 0 Å². The molecular formula is C24H28N6O. The lowest BCUT2D eigenvalue weighted by Gasteiger charge is -2.32. The third-order valence-electron chi connectivity index (χ3n) is 5.54. The molecule has 0 aliphatic carbocycles. The summed E-state index contributed by atoms with van der Waals surface area (Å²) in [7, 11) is 1.86. The minimum Gasteiger partial charge on any atom is -0.340 e. The lowest BCUT2D eigenvalue weighted by molar-refractivity contribution is -0.127. The van der Waals surface area contributed by atoms with E-state index in [1.807, 2.05) is 62.2 Å². The third-order valence-corrected chi connectivity index (χ3v) is 5.54. The van der Waals surface area contributed by atoms with Gasteiger partial charge in [-0.05, 0) is 63.1 Å². The van der Waals surface area contributed by atoms with Crippen LogP contribution >= 0.6 is 0 Å². The van der Waals surface area contributed by atoms with Crippen LogP contribution in [0.25, 0.3) is 6.08 Å². The minimum atomic E-state index is 0.0286. The maximum Gasteiger partial charge on any atom is 0.246 e. The van der Waals surface area contributed by atoms with Crippen LogP contribution in [0.1, 0.15) is 41.5 Å². The number of aromatic nitrogens is 4. The van der Waals surface area contributed by atoms with Crippen molar-refractivity contribution in [2.24, 2.45) is 7.05 Å². The van der Waals surface area contributed by atoms with Crippen molar-refractivity contribution in [1.29, 1.82) is 0 Å². The van der Waals surface area contributed by atoms with Crippen LogP contribution in [0.5, 0.6) is 0 Å². The standard InChI is InChI=1S/C24H28N6O/c1-17-6-4-8-23(27-17)28-20-14-18(2)26-22(15-20)19-7-5-13-30(16-19)24(31)10-9-21-11-12-25-29(21)3/h4,6,8-12,14-15,19H,5,7,13,16H2,1-3H3,(H,26,27,28)/b10-9+/t19-/m0/s1. The molecule has 0 saturated carbocycles. The predicted molar refractivity (Wildman–Crippen MR) is 122 cm³/mol. The second-order valence-electron chi connectivity index (χ2n) is 8.05. The number of pyridine rings is 2. The Balaban J connectivity index is 1.47. The van der Waals surface area contributed by atoms with E-state index >= 15 is 0 Å². The summed E-state index contributed by atoms with van der Waals surface area (Å²) in [4.78, 5) is 24.0. The first kappa shape index (κ1) is 20.8. The number of carbonyl (C=O) groups is 1. The fourth-order valence-corrected chi connectivity index (χ4v) is 3.96. The molecule has 1 saturated heterocycles. The van der Waals surface area contributed by atoms with Crippen LogP contribution in [0.2, 0.25) is 0 Å². The van der Waals surface area contributed by atoms with E-state index in [1.165, 1.54) is 0 Å². The molecule has 1 aliphatic heterocycles. The van der Waals surface area contributed by atoms with E-state index in [-0.39, 0.29) is 11.8 Å². The molecule has 0 radical (unpaired) electrons. The van der Waals surface area contributed by atoms with Crippen LogP contribution in [0.3, 0.4) is 0 Å². The number of nitrogens with one attached hydrogen (secondary N) is 1. The highest BCUT2D eigenvalue weighted by Gasteiger charge is 2.25. The van der Waals surface area contributed by atoms with Gasteiger partial charge in [-0.1, -0.05) is 6.07 Å². The Morgan fingerprint density at radius 1 is 1.16 bits per heavy atom. The molecule has 1 aliphatic rings. The number of aryl methyl sites for hydroxylation is 3. The summed E-state index contributed by atoms with van der Waals surface area (Å²) in [5.74, 6) is 1.06. The quantitative estimate of drug-likeness (QED) is 0.637. The highest BCUT2D eigenvalue weighted by molar-refractivity contribution is 5.91. The van der Waals surface area contributed by atoms with Gasteiger partial charge in [0.25, 0.3) is 0 Å². The molecule has 1 atom stereocenters. The molecule has 1 amide bonds. The van der Waals surface area contributed by atoms with Gasteiger partial charge in [-0.25, -0.2) is 4.98 Å². The zero-order valence-corrected chi connectivity index (χ0v) is 18.2. The Morgan fingerprint density at radius 2 is 2.03 bits per heavy atom. The second-order valence-corrected chi connectivity index (χ2v) is 8.05. The number of rotatable bonds is 5. The van der Waals surface area contributed by atoms with Crippen molar-refractivity contribution in [1.82, 2.24) is 24.6 Å². The predicted octanol–water partition coefficient (Wildman–Crippen LogP) is 3.99. The topological polar surface area (TPSA) is 75.9 Å². The van der Waals surface area contributed by atoms with Gasteiger partial charge < -0.3 is 10.2 Å².